The normalized spacial score (nSPS) is 24.9. The topological polar surface area (TPSA) is 164 Å². The van der Waals surface area contributed by atoms with Gasteiger partial charge in [-0.05, 0) is 57.0 Å². The molecule has 0 aliphatic carbocycles. The van der Waals surface area contributed by atoms with Crippen LogP contribution < -0.4 is 25.8 Å². The van der Waals surface area contributed by atoms with Crippen LogP contribution in [0.15, 0.2) is 30.5 Å². The summed E-state index contributed by atoms with van der Waals surface area (Å²) in [5.41, 5.74) is 6.73. The second kappa shape index (κ2) is 13.7. The lowest BCUT2D eigenvalue weighted by Gasteiger charge is -2.40. The molecule has 4 aromatic rings. The minimum Gasteiger partial charge on any atom is -0.488 e. The molecule has 0 spiro atoms. The van der Waals surface area contributed by atoms with Crippen LogP contribution in [-0.4, -0.2) is 85.3 Å². The van der Waals surface area contributed by atoms with E-state index in [1.807, 2.05) is 6.07 Å². The Balaban J connectivity index is 1.25. The number of thiophene rings is 1. The van der Waals surface area contributed by atoms with Gasteiger partial charge in [0.2, 0.25) is 0 Å². The molecule has 6 atom stereocenters. The van der Waals surface area contributed by atoms with Crippen LogP contribution in [0.4, 0.5) is 23.9 Å². The molecule has 0 radical (unpaired) electrons. The molecule has 2 saturated heterocycles. The summed E-state index contributed by atoms with van der Waals surface area (Å²) in [4.78, 5) is 16.9. The van der Waals surface area contributed by atoms with E-state index in [4.69, 9.17) is 31.0 Å². The molecule has 4 aliphatic heterocycles. The minimum atomic E-state index is -3.97. The Kier molecular flexibility index (Phi) is 9.41. The Morgan fingerprint density at radius 2 is 2.09 bits per heavy atom. The molecule has 0 bridgehead atoms. The van der Waals surface area contributed by atoms with E-state index in [0.29, 0.717) is 24.2 Å². The van der Waals surface area contributed by atoms with E-state index in [-0.39, 0.29) is 66.4 Å². The third kappa shape index (κ3) is 6.16. The molecule has 292 valence electrons. The number of hydrogen-bond acceptors (Lipinski definition) is 12. The second-order valence-corrected chi connectivity index (χ2v) is 17.5. The van der Waals surface area contributed by atoms with Crippen molar-refractivity contribution in [2.45, 2.75) is 69.7 Å². The molecule has 8 rings (SSSR count). The summed E-state index contributed by atoms with van der Waals surface area (Å²) in [6, 6.07) is 7.93. The first-order valence-corrected chi connectivity index (χ1v) is 20.4. The van der Waals surface area contributed by atoms with Gasteiger partial charge in [-0.25, -0.2) is 8.78 Å². The molecule has 19 heteroatoms. The van der Waals surface area contributed by atoms with E-state index in [0.717, 1.165) is 30.7 Å². The number of nitriles is 1. The number of fused-ring (bicyclic) bond motifs is 4. The van der Waals surface area contributed by atoms with Crippen molar-refractivity contribution in [1.29, 1.82) is 5.26 Å². The number of anilines is 2. The highest BCUT2D eigenvalue weighted by Gasteiger charge is 2.50. The van der Waals surface area contributed by atoms with Crippen molar-refractivity contribution < 1.29 is 40.0 Å². The van der Waals surface area contributed by atoms with Gasteiger partial charge in [0, 0.05) is 42.8 Å². The summed E-state index contributed by atoms with van der Waals surface area (Å²) in [6.45, 7) is 3.93. The van der Waals surface area contributed by atoms with Crippen molar-refractivity contribution in [3.05, 3.63) is 58.1 Å². The first kappa shape index (κ1) is 37.7. The fraction of sp³-hybridized carbons (Fsp3) is 0.444. The Morgan fingerprint density at radius 1 is 1.31 bits per heavy atom. The van der Waals surface area contributed by atoms with Crippen molar-refractivity contribution in [2.24, 2.45) is 0 Å². The van der Waals surface area contributed by atoms with E-state index in [1.165, 1.54) is 48.7 Å². The zero-order chi connectivity index (χ0) is 39.1. The molecule has 55 heavy (non-hydrogen) atoms. The average molecular weight is 820 g/mol. The Bertz CT molecular complexity index is 2390. The maximum atomic E-state index is 17.1. The van der Waals surface area contributed by atoms with Crippen LogP contribution in [0, 0.1) is 17.1 Å². The fourth-order valence-corrected chi connectivity index (χ4v) is 10.3. The smallest absolute Gasteiger partial charge is 0.279 e. The lowest BCUT2D eigenvalue weighted by molar-refractivity contribution is -0.139. The lowest BCUT2D eigenvalue weighted by Crippen LogP contribution is -2.58. The van der Waals surface area contributed by atoms with Gasteiger partial charge in [0.1, 0.15) is 41.5 Å². The number of aromatic nitrogens is 1. The number of carbonyl (C=O) groups excluding carboxylic acids is 1. The number of hydrogen-bond donors (Lipinski definition) is 3. The Labute approximate surface area is 323 Å². The summed E-state index contributed by atoms with van der Waals surface area (Å²) in [5, 5.41) is 16.9. The highest BCUT2D eigenvalue weighted by atomic mass is 35.5. The fourth-order valence-electron chi connectivity index (χ4n) is 8.35. The number of nitrogen functional groups attached to an aromatic ring is 1. The quantitative estimate of drug-likeness (QED) is 0.170. The predicted molar refractivity (Wildman–Crippen MR) is 200 cm³/mol. The van der Waals surface area contributed by atoms with E-state index in [9.17, 15) is 22.9 Å². The number of nitrogens with one attached hydrogen (secondary N) is 2. The number of benzene rings is 2. The molecule has 2 aromatic carbocycles. The number of carbonyl (C=O) groups is 1. The van der Waals surface area contributed by atoms with Crippen molar-refractivity contribution in [3.8, 4) is 28.7 Å². The van der Waals surface area contributed by atoms with Gasteiger partial charge in [-0.1, -0.05) is 17.7 Å². The number of amides is 1. The number of rotatable bonds is 9. The first-order chi connectivity index (χ1) is 26.2. The second-order valence-electron chi connectivity index (χ2n) is 14.2. The van der Waals surface area contributed by atoms with Crippen molar-refractivity contribution in [1.82, 2.24) is 19.7 Å². The van der Waals surface area contributed by atoms with Crippen LogP contribution in [0.5, 0.6) is 11.5 Å². The van der Waals surface area contributed by atoms with E-state index < -0.39 is 58.5 Å². The van der Waals surface area contributed by atoms with Crippen LogP contribution in [-0.2, 0) is 19.1 Å². The van der Waals surface area contributed by atoms with Crippen molar-refractivity contribution >= 4 is 59.7 Å². The molecule has 13 nitrogen and oxygen atoms in total. The third-order valence-corrected chi connectivity index (χ3v) is 13.6. The number of nitrogens with zero attached hydrogens (tertiary/aromatic N) is 4. The summed E-state index contributed by atoms with van der Waals surface area (Å²) in [6.07, 6.45) is -3.16. The van der Waals surface area contributed by atoms with Crippen LogP contribution in [0.2, 0.25) is 5.02 Å². The number of likely N-dealkylation sites (N-methyl/N-ethyl adjacent to an activating group) is 1. The molecular weight excluding hydrogens is 783 g/mol. The molecule has 0 saturated carbocycles. The lowest BCUT2D eigenvalue weighted by atomic mass is 9.95. The van der Waals surface area contributed by atoms with Gasteiger partial charge in [-0.15, -0.1) is 11.3 Å². The van der Waals surface area contributed by atoms with Gasteiger partial charge in [-0.3, -0.25) is 19.2 Å². The van der Waals surface area contributed by atoms with Crippen LogP contribution in [0.1, 0.15) is 62.5 Å². The van der Waals surface area contributed by atoms with Gasteiger partial charge in [0.05, 0.1) is 32.1 Å². The summed E-state index contributed by atoms with van der Waals surface area (Å²) in [7, 11) is -2.52. The summed E-state index contributed by atoms with van der Waals surface area (Å²) < 4.78 is 90.5. The Morgan fingerprint density at radius 3 is 2.84 bits per heavy atom. The van der Waals surface area contributed by atoms with Crippen molar-refractivity contribution in [2.75, 3.05) is 43.5 Å². The molecule has 2 aromatic heterocycles. The average Bonchev–Trinajstić information content (AvgIpc) is 3.87. The van der Waals surface area contributed by atoms with Gasteiger partial charge < -0.3 is 30.0 Å². The molecule has 4 N–H and O–H groups in total. The highest BCUT2D eigenvalue weighted by molar-refractivity contribution is 7.86. The first-order valence-electron chi connectivity index (χ1n) is 17.7. The molecular formula is C36H37ClF3N7O6S2. The van der Waals surface area contributed by atoms with E-state index in [1.54, 1.807) is 12.1 Å². The van der Waals surface area contributed by atoms with Crippen LogP contribution in [0.3, 0.4) is 0 Å². The van der Waals surface area contributed by atoms with Crippen LogP contribution in [0.25, 0.3) is 21.2 Å². The standard InChI is InChI=1S/C36H37ClF3N7O6S2/c1-4-55(49,50)53-17(2)34(48)45(3)35-43-23-8-9-24(51-16-36-10-5-11-46(36)14-18(38)12-36)29-27(23)33(44-35)47-15-21(37)26(28(47)31(40)52-29)19-6-7-22(39)30-25(19)20(13-41)32(42)54-30/h6-9,15,17-18,31,33,35,43-44H,4-5,10-12,14,16,42H2,1-3H3/t17-,18+,31?,33+,35+,36-/m0/s1. The predicted octanol–water partition coefficient (Wildman–Crippen LogP) is 5.99. The molecule has 2 fully saturated rings. The number of nitrogens with two attached hydrogens (primary N) is 1. The molecule has 6 heterocycles. The largest absolute Gasteiger partial charge is 0.488 e. The zero-order valence-corrected chi connectivity index (χ0v) is 32.3. The van der Waals surface area contributed by atoms with Gasteiger partial charge in [0.25, 0.3) is 22.4 Å². The monoisotopic (exact) mass is 819 g/mol. The maximum Gasteiger partial charge on any atom is 0.279 e. The zero-order valence-electron chi connectivity index (χ0n) is 29.9. The summed E-state index contributed by atoms with van der Waals surface area (Å²) >= 11 is 7.82. The number of alkyl halides is 2. The molecule has 1 amide bonds. The van der Waals surface area contributed by atoms with E-state index >= 15 is 8.78 Å². The maximum absolute atomic E-state index is 17.1. The number of halogens is 4. The van der Waals surface area contributed by atoms with Gasteiger partial charge >= 0.3 is 0 Å². The van der Waals surface area contributed by atoms with Crippen LogP contribution >= 0.6 is 22.9 Å². The number of ether oxygens (including phenoxy) is 2. The summed E-state index contributed by atoms with van der Waals surface area (Å²) in [5.74, 6) is -1.39. The highest BCUT2D eigenvalue weighted by Crippen LogP contribution is 2.53. The molecule has 1 unspecified atom stereocenters. The Hall–Kier alpha value is -4.25. The van der Waals surface area contributed by atoms with Gasteiger partial charge in [-0.2, -0.15) is 18.1 Å². The SMILES string of the molecule is CCS(=O)(=O)O[C@@H](C)C(=O)N(C)[C@@H]1Nc2ccc(OC[C@@]34CCCN3C[C@H](F)C4)c3c2[C@H](N1)n1cc(Cl)c(-c2ccc(F)c4sc(N)c(C#N)c24)c1C(F)O3. The third-order valence-electron chi connectivity index (χ3n) is 11.0. The van der Waals surface area contributed by atoms with E-state index in [2.05, 4.69) is 15.5 Å². The molecule has 4 aliphatic rings. The van der Waals surface area contributed by atoms with Crippen molar-refractivity contribution in [3.63, 3.8) is 0 Å². The minimum absolute atomic E-state index is 0.0149. The van der Waals surface area contributed by atoms with Gasteiger partial charge in [0.15, 0.2) is 23.9 Å².